The Morgan fingerprint density at radius 3 is 2.29 bits per heavy atom. The second kappa shape index (κ2) is 6.65. The van der Waals surface area contributed by atoms with Gasteiger partial charge in [0.15, 0.2) is 0 Å². The van der Waals surface area contributed by atoms with Gasteiger partial charge in [-0.3, -0.25) is 0 Å². The van der Waals surface area contributed by atoms with Crippen molar-refractivity contribution in [2.75, 3.05) is 26.5 Å². The van der Waals surface area contributed by atoms with Crippen LogP contribution < -0.4 is 14.8 Å². The number of ether oxygens (including phenoxy) is 2. The minimum Gasteiger partial charge on any atom is -0.497 e. The van der Waals surface area contributed by atoms with E-state index in [1.807, 2.05) is 24.3 Å². The van der Waals surface area contributed by atoms with Crippen molar-refractivity contribution in [3.05, 3.63) is 48.5 Å². The number of benzene rings is 2. The highest BCUT2D eigenvalue weighted by Gasteiger charge is 2.04. The Morgan fingerprint density at radius 2 is 1.67 bits per heavy atom. The fourth-order valence-corrected chi connectivity index (χ4v) is 1.64. The highest BCUT2D eigenvalue weighted by atomic mass is 16.5. The van der Waals surface area contributed by atoms with Gasteiger partial charge in [-0.05, 0) is 36.4 Å². The van der Waals surface area contributed by atoms with Crippen molar-refractivity contribution in [1.29, 1.82) is 0 Å². The molecule has 0 fully saturated rings. The fourth-order valence-electron chi connectivity index (χ4n) is 1.64. The first kappa shape index (κ1) is 14.7. The molecule has 0 heterocycles. The summed E-state index contributed by atoms with van der Waals surface area (Å²) in [5, 5.41) is 2.76. The van der Waals surface area contributed by atoms with Crippen LogP contribution in [0.1, 0.15) is 0 Å². The summed E-state index contributed by atoms with van der Waals surface area (Å²) in [5.74, 6) is 2.12. The van der Waals surface area contributed by atoms with Crippen molar-refractivity contribution in [2.45, 2.75) is 0 Å². The Balaban J connectivity index is 2.03. The van der Waals surface area contributed by atoms with Gasteiger partial charge in [-0.1, -0.05) is 6.07 Å². The smallest absolute Gasteiger partial charge is 0.321 e. The lowest BCUT2D eigenvalue weighted by Crippen LogP contribution is -2.27. The van der Waals surface area contributed by atoms with Gasteiger partial charge in [0.1, 0.15) is 17.2 Å². The van der Waals surface area contributed by atoms with Crippen LogP contribution in [0.25, 0.3) is 0 Å². The number of nitrogens with zero attached hydrogens (tertiary/aromatic N) is 1. The van der Waals surface area contributed by atoms with Crippen LogP contribution >= 0.6 is 0 Å². The molecule has 0 atom stereocenters. The molecule has 110 valence electrons. The zero-order chi connectivity index (χ0) is 15.2. The van der Waals surface area contributed by atoms with Gasteiger partial charge in [0.2, 0.25) is 0 Å². The number of carbonyl (C=O) groups is 1. The summed E-state index contributed by atoms with van der Waals surface area (Å²) in [5.41, 5.74) is 0.715. The van der Waals surface area contributed by atoms with Crippen molar-refractivity contribution in [1.82, 2.24) is 4.90 Å². The molecule has 21 heavy (non-hydrogen) atoms. The Kier molecular flexibility index (Phi) is 4.66. The van der Waals surface area contributed by atoms with Gasteiger partial charge in [0.05, 0.1) is 7.11 Å². The molecule has 0 saturated heterocycles. The van der Waals surface area contributed by atoms with Gasteiger partial charge in [-0.2, -0.15) is 0 Å². The summed E-state index contributed by atoms with van der Waals surface area (Å²) in [6.07, 6.45) is 0. The molecule has 0 aliphatic heterocycles. The Hall–Kier alpha value is -2.69. The van der Waals surface area contributed by atoms with Crippen LogP contribution in [-0.4, -0.2) is 32.1 Å². The van der Waals surface area contributed by atoms with Crippen LogP contribution in [0.5, 0.6) is 17.2 Å². The number of amides is 2. The number of carbonyl (C=O) groups excluding carboxylic acids is 1. The molecular formula is C16H18N2O3. The molecule has 0 bridgehead atoms. The lowest BCUT2D eigenvalue weighted by atomic mass is 10.3. The first-order valence-corrected chi connectivity index (χ1v) is 6.49. The van der Waals surface area contributed by atoms with E-state index in [0.717, 1.165) is 5.75 Å². The first-order chi connectivity index (χ1) is 10.1. The largest absolute Gasteiger partial charge is 0.497 e. The second-order valence-electron chi connectivity index (χ2n) is 4.63. The van der Waals surface area contributed by atoms with Gasteiger partial charge in [0, 0.05) is 25.8 Å². The molecule has 0 unspecified atom stereocenters. The maximum absolute atomic E-state index is 11.5. The molecule has 5 heteroatoms. The molecule has 5 nitrogen and oxygen atoms in total. The topological polar surface area (TPSA) is 50.8 Å². The molecule has 2 rings (SSSR count). The van der Waals surface area contributed by atoms with E-state index in [9.17, 15) is 4.79 Å². The molecule has 1 N–H and O–H groups in total. The van der Waals surface area contributed by atoms with Gasteiger partial charge in [-0.25, -0.2) is 4.79 Å². The molecule has 0 aromatic heterocycles. The molecule has 2 aromatic rings. The zero-order valence-electron chi connectivity index (χ0n) is 12.3. The molecule has 2 aromatic carbocycles. The maximum Gasteiger partial charge on any atom is 0.321 e. The van der Waals surface area contributed by atoms with Crippen LogP contribution in [-0.2, 0) is 0 Å². The SMILES string of the molecule is COc1cccc(Oc2ccc(NC(=O)N(C)C)cc2)c1. The Bertz CT molecular complexity index is 609. The summed E-state index contributed by atoms with van der Waals surface area (Å²) in [6, 6.07) is 14.4. The van der Waals surface area contributed by atoms with E-state index in [1.54, 1.807) is 45.5 Å². The number of rotatable bonds is 4. The normalized spacial score (nSPS) is 9.86. The number of anilines is 1. The summed E-state index contributed by atoms with van der Waals surface area (Å²) >= 11 is 0. The van der Waals surface area contributed by atoms with Crippen molar-refractivity contribution in [3.63, 3.8) is 0 Å². The zero-order valence-corrected chi connectivity index (χ0v) is 12.3. The quantitative estimate of drug-likeness (QED) is 0.934. The molecule has 0 radical (unpaired) electrons. The number of methoxy groups -OCH3 is 1. The van der Waals surface area contributed by atoms with Gasteiger partial charge < -0.3 is 19.7 Å². The predicted molar refractivity (Wildman–Crippen MR) is 82.2 cm³/mol. The summed E-state index contributed by atoms with van der Waals surface area (Å²) in [4.78, 5) is 13.0. The van der Waals surface area contributed by atoms with E-state index >= 15 is 0 Å². The third-order valence-corrected chi connectivity index (χ3v) is 2.79. The Morgan fingerprint density at radius 1 is 1.00 bits per heavy atom. The predicted octanol–water partition coefficient (Wildman–Crippen LogP) is 3.58. The summed E-state index contributed by atoms with van der Waals surface area (Å²) < 4.78 is 10.9. The highest BCUT2D eigenvalue weighted by Crippen LogP contribution is 2.26. The molecule has 0 spiro atoms. The van der Waals surface area contributed by atoms with E-state index in [2.05, 4.69) is 5.32 Å². The fraction of sp³-hybridized carbons (Fsp3) is 0.188. The average Bonchev–Trinajstić information content (AvgIpc) is 2.49. The number of nitrogens with one attached hydrogen (secondary N) is 1. The first-order valence-electron chi connectivity index (χ1n) is 6.49. The van der Waals surface area contributed by atoms with E-state index in [0.29, 0.717) is 17.2 Å². The minimum absolute atomic E-state index is 0.170. The van der Waals surface area contributed by atoms with Crippen molar-refractivity contribution >= 4 is 11.7 Å². The van der Waals surface area contributed by atoms with Crippen molar-refractivity contribution in [3.8, 4) is 17.2 Å². The van der Waals surface area contributed by atoms with Gasteiger partial charge in [-0.15, -0.1) is 0 Å². The van der Waals surface area contributed by atoms with Crippen LogP contribution in [0.3, 0.4) is 0 Å². The van der Waals surface area contributed by atoms with Crippen LogP contribution in [0.4, 0.5) is 10.5 Å². The second-order valence-corrected chi connectivity index (χ2v) is 4.63. The van der Waals surface area contributed by atoms with Gasteiger partial charge in [0.25, 0.3) is 0 Å². The van der Waals surface area contributed by atoms with Crippen LogP contribution in [0, 0.1) is 0 Å². The summed E-state index contributed by atoms with van der Waals surface area (Å²) in [7, 11) is 4.99. The van der Waals surface area contributed by atoms with Crippen molar-refractivity contribution in [2.24, 2.45) is 0 Å². The highest BCUT2D eigenvalue weighted by molar-refractivity contribution is 5.88. The third-order valence-electron chi connectivity index (χ3n) is 2.79. The van der Waals surface area contributed by atoms with E-state index in [1.165, 1.54) is 4.90 Å². The number of hydrogen-bond acceptors (Lipinski definition) is 3. The molecule has 2 amide bonds. The minimum atomic E-state index is -0.170. The van der Waals surface area contributed by atoms with Crippen molar-refractivity contribution < 1.29 is 14.3 Å². The molecule has 0 aliphatic rings. The molecule has 0 aliphatic carbocycles. The standard InChI is InChI=1S/C16H18N2O3/c1-18(2)16(19)17-12-7-9-13(10-8-12)21-15-6-4-5-14(11-15)20-3/h4-11H,1-3H3,(H,17,19). The third kappa shape index (κ3) is 4.14. The van der Waals surface area contributed by atoms with E-state index in [-0.39, 0.29) is 6.03 Å². The van der Waals surface area contributed by atoms with E-state index < -0.39 is 0 Å². The lowest BCUT2D eigenvalue weighted by Gasteiger charge is -2.12. The number of hydrogen-bond donors (Lipinski definition) is 1. The lowest BCUT2D eigenvalue weighted by molar-refractivity contribution is 0.230. The van der Waals surface area contributed by atoms with Crippen LogP contribution in [0.2, 0.25) is 0 Å². The average molecular weight is 286 g/mol. The Labute approximate surface area is 124 Å². The molecule has 0 saturated carbocycles. The maximum atomic E-state index is 11.5. The monoisotopic (exact) mass is 286 g/mol. The van der Waals surface area contributed by atoms with Crippen LogP contribution in [0.15, 0.2) is 48.5 Å². The number of urea groups is 1. The summed E-state index contributed by atoms with van der Waals surface area (Å²) in [6.45, 7) is 0. The van der Waals surface area contributed by atoms with Gasteiger partial charge >= 0.3 is 6.03 Å². The molecular weight excluding hydrogens is 268 g/mol. The van der Waals surface area contributed by atoms with E-state index in [4.69, 9.17) is 9.47 Å².